The highest BCUT2D eigenvalue weighted by atomic mass is 32.2. The second-order valence-corrected chi connectivity index (χ2v) is 12.5. The van der Waals surface area contributed by atoms with Crippen molar-refractivity contribution >= 4 is 15.8 Å². The lowest BCUT2D eigenvalue weighted by atomic mass is 9.96. The van der Waals surface area contributed by atoms with Crippen LogP contribution < -0.4 is 9.47 Å². The normalized spacial score (nSPS) is 19.4. The van der Waals surface area contributed by atoms with E-state index in [9.17, 15) is 35.9 Å². The smallest absolute Gasteiger partial charge is 0.417 e. The van der Waals surface area contributed by atoms with Crippen LogP contribution in [-0.4, -0.2) is 43.1 Å². The molecule has 2 aliphatic carbocycles. The van der Waals surface area contributed by atoms with Gasteiger partial charge in [0, 0.05) is 41.6 Å². The zero-order chi connectivity index (χ0) is 29.7. The first kappa shape index (κ1) is 28.8. The lowest BCUT2D eigenvalue weighted by Crippen LogP contribution is -2.11. The molecule has 1 heterocycles. The molecule has 1 unspecified atom stereocenters. The standard InChI is InChI=1S/C28H24F5NO6S/c1-41(37,38)6-2-5-39-16-3-4-17(23(30)10-16)18-8-15(22(29)11-21(18)28(31,32)33)13-40-24-9-14-7-19-25(20(14)12-34-24)26(19)27(35)36/h3-4,8-12,19,25-26H,2,5-7,13H2,1H3,(H,35,36)/t19-,25?,26+/m1/s1. The molecule has 1 N–H and O–H groups in total. The number of hydrogen-bond acceptors (Lipinski definition) is 6. The number of carbonyl (C=O) groups is 1. The van der Waals surface area contributed by atoms with E-state index in [4.69, 9.17) is 9.47 Å². The van der Waals surface area contributed by atoms with Crippen molar-refractivity contribution in [3.8, 4) is 22.8 Å². The number of ether oxygens (including phenoxy) is 2. The Kier molecular flexibility index (Phi) is 7.43. The van der Waals surface area contributed by atoms with Gasteiger partial charge in [0.05, 0.1) is 23.8 Å². The predicted octanol–water partition coefficient (Wildman–Crippen LogP) is 5.41. The Morgan fingerprint density at radius 1 is 1.07 bits per heavy atom. The van der Waals surface area contributed by atoms with Gasteiger partial charge in [-0.25, -0.2) is 22.2 Å². The van der Waals surface area contributed by atoms with Crippen molar-refractivity contribution in [2.24, 2.45) is 11.8 Å². The maximum absolute atomic E-state index is 15.0. The average Bonchev–Trinajstić information content (AvgIpc) is 3.47. The van der Waals surface area contributed by atoms with Crippen LogP contribution in [0.25, 0.3) is 11.1 Å². The van der Waals surface area contributed by atoms with Crippen LogP contribution in [0.4, 0.5) is 22.0 Å². The summed E-state index contributed by atoms with van der Waals surface area (Å²) in [6.45, 7) is -0.535. The Balaban J connectivity index is 1.35. The van der Waals surface area contributed by atoms with Crippen molar-refractivity contribution < 1.29 is 49.7 Å². The van der Waals surface area contributed by atoms with E-state index < -0.39 is 62.8 Å². The summed E-state index contributed by atoms with van der Waals surface area (Å²) >= 11 is 0. The molecule has 3 aromatic rings. The molecule has 41 heavy (non-hydrogen) atoms. The third-order valence-electron chi connectivity index (χ3n) is 7.29. The van der Waals surface area contributed by atoms with Gasteiger partial charge in [-0.1, -0.05) is 0 Å². The number of aliphatic carboxylic acids is 1. The largest absolute Gasteiger partial charge is 0.493 e. The minimum atomic E-state index is -4.99. The molecule has 0 bridgehead atoms. The second-order valence-electron chi connectivity index (χ2n) is 10.2. The van der Waals surface area contributed by atoms with E-state index in [1.807, 2.05) is 0 Å². The van der Waals surface area contributed by atoms with Crippen molar-refractivity contribution in [1.29, 1.82) is 0 Å². The van der Waals surface area contributed by atoms with Crippen molar-refractivity contribution in [3.05, 3.63) is 76.5 Å². The minimum absolute atomic E-state index is 0.00558. The topological polar surface area (TPSA) is 103 Å². The summed E-state index contributed by atoms with van der Waals surface area (Å²) in [5, 5.41) is 9.25. The summed E-state index contributed by atoms with van der Waals surface area (Å²) in [5.74, 6) is -3.69. The van der Waals surface area contributed by atoms with Gasteiger partial charge >= 0.3 is 12.1 Å². The molecule has 5 rings (SSSR count). The number of rotatable bonds is 10. The fraction of sp³-hybridized carbons (Fsp3) is 0.357. The maximum Gasteiger partial charge on any atom is 0.417 e. The quantitative estimate of drug-likeness (QED) is 0.246. The highest BCUT2D eigenvalue weighted by molar-refractivity contribution is 7.90. The number of sulfone groups is 1. The summed E-state index contributed by atoms with van der Waals surface area (Å²) in [6, 6.07) is 5.97. The van der Waals surface area contributed by atoms with Crippen LogP contribution in [0.15, 0.2) is 42.6 Å². The first-order valence-corrected chi connectivity index (χ1v) is 14.6. The number of halogens is 5. The number of hydrogen-bond donors (Lipinski definition) is 1. The Bertz CT molecular complexity index is 1620. The number of benzene rings is 2. The number of aromatic nitrogens is 1. The van der Waals surface area contributed by atoms with E-state index in [0.717, 1.165) is 35.6 Å². The van der Waals surface area contributed by atoms with Crippen LogP contribution in [0.1, 0.15) is 34.6 Å². The first-order valence-electron chi connectivity index (χ1n) is 12.6. The van der Waals surface area contributed by atoms with Crippen LogP contribution in [-0.2, 0) is 33.8 Å². The Hall–Kier alpha value is -3.74. The molecular formula is C28H24F5NO6S. The molecule has 7 nitrogen and oxygen atoms in total. The summed E-state index contributed by atoms with van der Waals surface area (Å²) in [4.78, 5) is 15.4. The molecule has 3 atom stereocenters. The van der Waals surface area contributed by atoms with Gasteiger partial charge in [-0.15, -0.1) is 0 Å². The third-order valence-corrected chi connectivity index (χ3v) is 8.32. The minimum Gasteiger partial charge on any atom is -0.493 e. The van der Waals surface area contributed by atoms with Crippen LogP contribution in [0.5, 0.6) is 11.6 Å². The number of alkyl halides is 3. The van der Waals surface area contributed by atoms with Crippen LogP contribution in [0.3, 0.4) is 0 Å². The highest BCUT2D eigenvalue weighted by Crippen LogP contribution is 2.61. The van der Waals surface area contributed by atoms with E-state index in [1.165, 1.54) is 12.3 Å². The zero-order valence-corrected chi connectivity index (χ0v) is 22.4. The monoisotopic (exact) mass is 597 g/mol. The molecule has 2 aliphatic rings. The Labute approximate surface area is 231 Å². The second kappa shape index (κ2) is 10.6. The maximum atomic E-state index is 15.0. The molecule has 0 radical (unpaired) electrons. The summed E-state index contributed by atoms with van der Waals surface area (Å²) < 4.78 is 105. The lowest BCUT2D eigenvalue weighted by molar-refractivity contribution is -0.139. The van der Waals surface area contributed by atoms with Gasteiger partial charge < -0.3 is 14.6 Å². The van der Waals surface area contributed by atoms with Gasteiger partial charge in [-0.05, 0) is 59.7 Å². The zero-order valence-electron chi connectivity index (χ0n) is 21.5. The number of fused-ring (bicyclic) bond motifs is 3. The van der Waals surface area contributed by atoms with Gasteiger partial charge in [-0.2, -0.15) is 13.2 Å². The molecule has 0 amide bonds. The Morgan fingerprint density at radius 3 is 2.49 bits per heavy atom. The predicted molar refractivity (Wildman–Crippen MR) is 136 cm³/mol. The summed E-state index contributed by atoms with van der Waals surface area (Å²) in [6.07, 6.45) is -1.74. The van der Waals surface area contributed by atoms with Crippen molar-refractivity contribution in [1.82, 2.24) is 4.98 Å². The molecule has 0 aliphatic heterocycles. The van der Waals surface area contributed by atoms with Crippen molar-refractivity contribution in [2.75, 3.05) is 18.6 Å². The number of carboxylic acids is 1. The van der Waals surface area contributed by atoms with E-state index in [1.54, 1.807) is 6.07 Å². The number of pyridine rings is 1. The summed E-state index contributed by atoms with van der Waals surface area (Å²) in [7, 11) is -3.21. The first-order chi connectivity index (χ1) is 19.2. The van der Waals surface area contributed by atoms with Gasteiger partial charge in [-0.3, -0.25) is 4.79 Å². The van der Waals surface area contributed by atoms with Crippen molar-refractivity contribution in [3.63, 3.8) is 0 Å². The van der Waals surface area contributed by atoms with Gasteiger partial charge in [0.2, 0.25) is 5.88 Å². The molecule has 1 aromatic heterocycles. The van der Waals surface area contributed by atoms with Gasteiger partial charge in [0.25, 0.3) is 0 Å². The lowest BCUT2D eigenvalue weighted by Gasteiger charge is -2.17. The van der Waals surface area contributed by atoms with Crippen LogP contribution in [0, 0.1) is 23.5 Å². The molecule has 0 spiro atoms. The summed E-state index contributed by atoms with van der Waals surface area (Å²) in [5.41, 5.74) is -0.995. The molecule has 2 aromatic carbocycles. The van der Waals surface area contributed by atoms with Gasteiger partial charge in [0.1, 0.15) is 33.8 Å². The van der Waals surface area contributed by atoms with E-state index >= 15 is 4.39 Å². The molecule has 1 saturated carbocycles. The number of nitrogens with zero attached hydrogens (tertiary/aromatic N) is 1. The third kappa shape index (κ3) is 6.14. The molecule has 0 saturated heterocycles. The Morgan fingerprint density at radius 2 is 1.83 bits per heavy atom. The van der Waals surface area contributed by atoms with Crippen LogP contribution in [0.2, 0.25) is 0 Å². The molecule has 1 fully saturated rings. The molecular weight excluding hydrogens is 573 g/mol. The van der Waals surface area contributed by atoms with Gasteiger partial charge in [0.15, 0.2) is 0 Å². The van der Waals surface area contributed by atoms with E-state index in [-0.39, 0.29) is 47.8 Å². The van der Waals surface area contributed by atoms with E-state index in [0.29, 0.717) is 12.5 Å². The van der Waals surface area contributed by atoms with E-state index in [2.05, 4.69) is 4.98 Å². The fourth-order valence-corrected chi connectivity index (χ4v) is 5.98. The fourth-order valence-electron chi connectivity index (χ4n) is 5.34. The molecule has 13 heteroatoms. The highest BCUT2D eigenvalue weighted by Gasteiger charge is 2.60. The van der Waals surface area contributed by atoms with Crippen molar-refractivity contribution in [2.45, 2.75) is 31.5 Å². The SMILES string of the molecule is CS(=O)(=O)CCCOc1ccc(-c2cc(COc3cc4c(cn3)C3[C@@H](C4)[C@@H]3C(=O)O)c(F)cc2C(F)(F)F)c(F)c1. The number of carboxylic acid groups (broad SMARTS) is 1. The van der Waals surface area contributed by atoms with Crippen LogP contribution >= 0.6 is 0 Å². The molecule has 218 valence electrons. The average molecular weight is 598 g/mol.